The van der Waals surface area contributed by atoms with Crippen LogP contribution in [0.2, 0.25) is 0 Å². The highest BCUT2D eigenvalue weighted by Crippen LogP contribution is 2.70. The van der Waals surface area contributed by atoms with Gasteiger partial charge in [-0.3, -0.25) is 4.79 Å². The molecule has 2 bridgehead atoms. The Kier molecular flexibility index (Phi) is 2.38. The van der Waals surface area contributed by atoms with Crippen molar-refractivity contribution in [1.82, 2.24) is 15.2 Å². The van der Waals surface area contributed by atoms with E-state index in [0.29, 0.717) is 23.8 Å². The van der Waals surface area contributed by atoms with Gasteiger partial charge in [0.2, 0.25) is 5.91 Å². The van der Waals surface area contributed by atoms with Crippen LogP contribution in [-0.4, -0.2) is 28.2 Å². The Bertz CT molecular complexity index is 588. The minimum atomic E-state index is 0.165. The Balaban J connectivity index is 1.48. The molecule has 0 saturated heterocycles. The Morgan fingerprint density at radius 1 is 1.45 bits per heavy atom. The van der Waals surface area contributed by atoms with E-state index in [9.17, 15) is 4.79 Å². The van der Waals surface area contributed by atoms with Crippen LogP contribution in [0.4, 0.5) is 0 Å². The minimum Gasteiger partial charge on any atom is -0.339 e. The van der Waals surface area contributed by atoms with Crippen molar-refractivity contribution in [3.63, 3.8) is 0 Å². The fourth-order valence-electron chi connectivity index (χ4n) is 4.23. The van der Waals surface area contributed by atoms with E-state index in [0.717, 1.165) is 17.8 Å². The maximum Gasteiger partial charge on any atom is 0.226 e. The third-order valence-corrected chi connectivity index (χ3v) is 5.55. The van der Waals surface area contributed by atoms with E-state index in [1.165, 1.54) is 12.8 Å². The minimum absolute atomic E-state index is 0.165. The first-order chi connectivity index (χ1) is 9.62. The Labute approximate surface area is 118 Å². The number of hydrogen-bond donors (Lipinski definition) is 0. The van der Waals surface area contributed by atoms with Gasteiger partial charge in [-0.2, -0.15) is 0 Å². The van der Waals surface area contributed by atoms with Crippen LogP contribution in [0.25, 0.3) is 0 Å². The molecule has 3 unspecified atom stereocenters. The van der Waals surface area contributed by atoms with Gasteiger partial charge in [0.25, 0.3) is 0 Å². The van der Waals surface area contributed by atoms with Gasteiger partial charge in [0.05, 0.1) is 6.54 Å². The number of aryl methyl sites for hydroxylation is 1. The molecule has 5 nitrogen and oxygen atoms in total. The van der Waals surface area contributed by atoms with Gasteiger partial charge in [0.1, 0.15) is 11.4 Å². The van der Waals surface area contributed by atoms with E-state index in [4.69, 9.17) is 4.63 Å². The lowest BCUT2D eigenvalue weighted by atomic mass is 9.88. The van der Waals surface area contributed by atoms with Gasteiger partial charge in [0, 0.05) is 13.0 Å². The predicted molar refractivity (Wildman–Crippen MR) is 71.4 cm³/mol. The summed E-state index contributed by atoms with van der Waals surface area (Å²) in [5.41, 5.74) is 1.98. The highest BCUT2D eigenvalue weighted by Gasteiger charge is 2.64. The number of aromatic nitrogens is 2. The van der Waals surface area contributed by atoms with E-state index in [1.807, 2.05) is 14.0 Å². The third kappa shape index (κ3) is 1.52. The van der Waals surface area contributed by atoms with E-state index < -0.39 is 0 Å². The second-order valence-electron chi connectivity index (χ2n) is 6.58. The summed E-state index contributed by atoms with van der Waals surface area (Å²) in [7, 11) is 1.85. The van der Waals surface area contributed by atoms with Crippen LogP contribution < -0.4 is 0 Å². The number of carbonyl (C=O) groups excluding carboxylic acids is 1. The first-order valence-corrected chi connectivity index (χ1v) is 7.33. The van der Waals surface area contributed by atoms with Gasteiger partial charge < -0.3 is 4.90 Å². The number of hydrogen-bond acceptors (Lipinski definition) is 4. The highest BCUT2D eigenvalue weighted by molar-refractivity contribution is 5.80. The number of rotatable bonds is 3. The summed E-state index contributed by atoms with van der Waals surface area (Å²) in [5, 5.41) is 7.62. The highest BCUT2D eigenvalue weighted by atomic mass is 16.6. The fraction of sp³-hybridized carbons (Fsp3) is 0.667. The smallest absolute Gasteiger partial charge is 0.226 e. The summed E-state index contributed by atoms with van der Waals surface area (Å²) in [6.07, 6.45) is 8.26. The first kappa shape index (κ1) is 12.1. The molecule has 0 N–H and O–H groups in total. The van der Waals surface area contributed by atoms with Crippen molar-refractivity contribution >= 4 is 5.91 Å². The monoisotopic (exact) mass is 273 g/mol. The topological polar surface area (TPSA) is 59.2 Å². The van der Waals surface area contributed by atoms with E-state index in [1.54, 1.807) is 4.90 Å². The molecule has 0 aliphatic heterocycles. The largest absolute Gasteiger partial charge is 0.339 e. The van der Waals surface area contributed by atoms with Crippen LogP contribution in [0, 0.1) is 30.1 Å². The molecule has 1 amide bonds. The lowest BCUT2D eigenvalue weighted by Gasteiger charge is -2.25. The van der Waals surface area contributed by atoms with Gasteiger partial charge in [-0.05, 0) is 43.4 Å². The molecule has 0 aromatic carbocycles. The van der Waals surface area contributed by atoms with E-state index in [2.05, 4.69) is 22.5 Å². The van der Waals surface area contributed by atoms with Crippen molar-refractivity contribution in [2.75, 3.05) is 7.05 Å². The lowest BCUT2D eigenvalue weighted by molar-refractivity contribution is -0.135. The second-order valence-corrected chi connectivity index (χ2v) is 6.58. The zero-order valence-corrected chi connectivity index (χ0v) is 11.9. The molecule has 3 atom stereocenters. The van der Waals surface area contributed by atoms with Gasteiger partial charge >= 0.3 is 0 Å². The maximum absolute atomic E-state index is 12.7. The summed E-state index contributed by atoms with van der Waals surface area (Å²) in [5.74, 6) is 1.53. The molecule has 0 radical (unpaired) electrons. The Hall–Kier alpha value is -1.65. The van der Waals surface area contributed by atoms with Crippen molar-refractivity contribution in [2.24, 2.45) is 23.2 Å². The number of nitrogens with zero attached hydrogens (tertiary/aromatic N) is 3. The second kappa shape index (κ2) is 3.93. The molecular formula is C15H19N3O2. The standard InChI is InChI=1S/C15H19N3O2/c1-9-13(17-20-16-9)8-18(2)14(19)11-7-10-3-4-12(11)15(10)5-6-15/h3-4,10-12H,5-8H2,1-2H3. The van der Waals surface area contributed by atoms with Crippen molar-refractivity contribution in [1.29, 1.82) is 0 Å². The molecular weight excluding hydrogens is 254 g/mol. The molecule has 2 fully saturated rings. The zero-order valence-electron chi connectivity index (χ0n) is 11.9. The average molecular weight is 273 g/mol. The summed E-state index contributed by atoms with van der Waals surface area (Å²) in [6.45, 7) is 2.34. The van der Waals surface area contributed by atoms with Crippen LogP contribution in [0.15, 0.2) is 16.8 Å². The number of carbonyl (C=O) groups is 1. The quantitative estimate of drug-likeness (QED) is 0.790. The molecule has 1 aromatic heterocycles. The van der Waals surface area contributed by atoms with Crippen LogP contribution >= 0.6 is 0 Å². The molecule has 106 valence electrons. The summed E-state index contributed by atoms with van der Waals surface area (Å²) < 4.78 is 4.69. The van der Waals surface area contributed by atoms with Crippen molar-refractivity contribution < 1.29 is 9.42 Å². The van der Waals surface area contributed by atoms with Gasteiger partial charge in [-0.1, -0.05) is 22.5 Å². The van der Waals surface area contributed by atoms with Crippen LogP contribution in [0.3, 0.4) is 0 Å². The summed E-state index contributed by atoms with van der Waals surface area (Å²) >= 11 is 0. The maximum atomic E-state index is 12.7. The van der Waals surface area contributed by atoms with E-state index in [-0.39, 0.29) is 11.8 Å². The number of allylic oxidation sites excluding steroid dienone is 2. The fourth-order valence-corrected chi connectivity index (χ4v) is 4.23. The van der Waals surface area contributed by atoms with Crippen molar-refractivity contribution in [3.05, 3.63) is 23.5 Å². The molecule has 2 saturated carbocycles. The van der Waals surface area contributed by atoms with Crippen molar-refractivity contribution in [3.8, 4) is 0 Å². The Morgan fingerprint density at radius 3 is 2.85 bits per heavy atom. The van der Waals surface area contributed by atoms with Crippen LogP contribution in [-0.2, 0) is 11.3 Å². The molecule has 1 heterocycles. The molecule has 1 spiro atoms. The predicted octanol–water partition coefficient (Wildman–Crippen LogP) is 1.94. The molecule has 3 aliphatic rings. The lowest BCUT2D eigenvalue weighted by Crippen LogP contribution is -2.35. The van der Waals surface area contributed by atoms with Crippen LogP contribution in [0.5, 0.6) is 0 Å². The third-order valence-electron chi connectivity index (χ3n) is 5.55. The normalized spacial score (nSPS) is 32.0. The van der Waals surface area contributed by atoms with Crippen LogP contribution in [0.1, 0.15) is 30.7 Å². The van der Waals surface area contributed by atoms with Gasteiger partial charge in [-0.15, -0.1) is 0 Å². The zero-order chi connectivity index (χ0) is 13.9. The molecule has 3 aliphatic carbocycles. The molecule has 4 rings (SSSR count). The summed E-state index contributed by atoms with van der Waals surface area (Å²) in [6, 6.07) is 0. The Morgan fingerprint density at radius 2 is 2.25 bits per heavy atom. The van der Waals surface area contributed by atoms with Gasteiger partial charge in [0.15, 0.2) is 0 Å². The van der Waals surface area contributed by atoms with Crippen molar-refractivity contribution in [2.45, 2.75) is 32.7 Å². The van der Waals surface area contributed by atoms with E-state index >= 15 is 0 Å². The molecule has 5 heteroatoms. The first-order valence-electron chi connectivity index (χ1n) is 7.33. The van der Waals surface area contributed by atoms with Gasteiger partial charge in [-0.25, -0.2) is 4.63 Å². The molecule has 1 aromatic rings. The SMILES string of the molecule is Cc1nonc1CN(C)C(=O)C1CC2C=CC1C21CC1. The molecule has 20 heavy (non-hydrogen) atoms. The average Bonchev–Trinajstić information content (AvgIpc) is 2.94. The number of amides is 1. The summed E-state index contributed by atoms with van der Waals surface area (Å²) in [4.78, 5) is 14.5.